The van der Waals surface area contributed by atoms with Crippen molar-refractivity contribution in [3.63, 3.8) is 0 Å². The van der Waals surface area contributed by atoms with E-state index in [1.165, 1.54) is 0 Å². The second-order valence-electron chi connectivity index (χ2n) is 5.40. The van der Waals surface area contributed by atoms with Gasteiger partial charge in [0.05, 0.1) is 23.6 Å². The fourth-order valence-corrected chi connectivity index (χ4v) is 3.28. The van der Waals surface area contributed by atoms with Gasteiger partial charge in [0.25, 0.3) is 5.91 Å². The summed E-state index contributed by atoms with van der Waals surface area (Å²) in [6, 6.07) is 5.41. The van der Waals surface area contributed by atoms with E-state index in [9.17, 15) is 4.79 Å². The lowest BCUT2D eigenvalue weighted by atomic mass is 10.1. The summed E-state index contributed by atoms with van der Waals surface area (Å²) < 4.78 is 10.7. The van der Waals surface area contributed by atoms with Crippen LogP contribution in [0.25, 0.3) is 22.4 Å². The lowest BCUT2D eigenvalue weighted by molar-refractivity contribution is 0.0303. The van der Waals surface area contributed by atoms with Crippen molar-refractivity contribution in [2.75, 3.05) is 26.3 Å². The molecule has 0 N–H and O–H groups in total. The van der Waals surface area contributed by atoms with Crippen LogP contribution in [-0.4, -0.2) is 47.3 Å². The molecular weight excluding hydrogens is 314 g/mol. The van der Waals surface area contributed by atoms with Gasteiger partial charge in [0.1, 0.15) is 11.4 Å². The molecule has 3 heterocycles. The van der Waals surface area contributed by atoms with Gasteiger partial charge in [-0.2, -0.15) is 0 Å². The van der Waals surface area contributed by atoms with Gasteiger partial charge in [0.15, 0.2) is 5.58 Å². The smallest absolute Gasteiger partial charge is 0.254 e. The number of fused-ring (bicyclic) bond motifs is 1. The average Bonchev–Trinajstić information content (AvgIpc) is 3.20. The van der Waals surface area contributed by atoms with Crippen LogP contribution < -0.4 is 0 Å². The second kappa shape index (κ2) is 5.75. The van der Waals surface area contributed by atoms with Crippen LogP contribution in [0, 0.1) is 6.92 Å². The number of morpholine rings is 1. The summed E-state index contributed by atoms with van der Waals surface area (Å²) in [5.41, 5.74) is 2.75. The molecule has 7 heteroatoms. The minimum Gasteiger partial charge on any atom is -0.378 e. The predicted molar refractivity (Wildman–Crippen MR) is 86.6 cm³/mol. The molecule has 1 fully saturated rings. The average molecular weight is 329 g/mol. The zero-order valence-electron chi connectivity index (χ0n) is 12.6. The van der Waals surface area contributed by atoms with Crippen molar-refractivity contribution in [2.45, 2.75) is 6.92 Å². The Morgan fingerprint density at radius 1 is 1.30 bits per heavy atom. The van der Waals surface area contributed by atoms with Gasteiger partial charge in [-0.05, 0) is 25.1 Å². The van der Waals surface area contributed by atoms with Gasteiger partial charge < -0.3 is 14.2 Å². The highest BCUT2D eigenvalue weighted by Crippen LogP contribution is 2.29. The first kappa shape index (κ1) is 14.3. The SMILES string of the molecule is Cc1nc(-c2noc3ccc(C(=O)N4CCOCC4)cc23)cs1. The molecule has 1 aliphatic heterocycles. The van der Waals surface area contributed by atoms with Crippen LogP contribution in [0.1, 0.15) is 15.4 Å². The number of rotatable bonds is 2. The maximum atomic E-state index is 12.6. The molecule has 1 aromatic carbocycles. The van der Waals surface area contributed by atoms with Crippen molar-refractivity contribution in [3.05, 3.63) is 34.2 Å². The summed E-state index contributed by atoms with van der Waals surface area (Å²) in [6.45, 7) is 4.37. The Morgan fingerprint density at radius 2 is 2.13 bits per heavy atom. The van der Waals surface area contributed by atoms with E-state index in [-0.39, 0.29) is 5.91 Å². The number of hydrogen-bond donors (Lipinski definition) is 0. The first-order chi connectivity index (χ1) is 11.2. The molecule has 1 aliphatic rings. The summed E-state index contributed by atoms with van der Waals surface area (Å²) in [5, 5.41) is 7.85. The van der Waals surface area contributed by atoms with E-state index in [1.807, 2.05) is 23.3 Å². The van der Waals surface area contributed by atoms with Crippen LogP contribution in [0.3, 0.4) is 0 Å². The van der Waals surface area contributed by atoms with Crippen molar-refractivity contribution in [3.8, 4) is 11.4 Å². The topological polar surface area (TPSA) is 68.5 Å². The Hall–Kier alpha value is -2.25. The molecule has 0 aliphatic carbocycles. The standard InChI is InChI=1S/C16H15N3O3S/c1-10-17-13(9-23-10)15-12-8-11(2-3-14(12)22-18-15)16(20)19-4-6-21-7-5-19/h2-3,8-9H,4-7H2,1H3. The summed E-state index contributed by atoms with van der Waals surface area (Å²) in [7, 11) is 0. The number of carbonyl (C=O) groups is 1. The molecule has 1 amide bonds. The first-order valence-corrected chi connectivity index (χ1v) is 8.29. The summed E-state index contributed by atoms with van der Waals surface area (Å²) >= 11 is 1.56. The maximum Gasteiger partial charge on any atom is 0.254 e. The van der Waals surface area contributed by atoms with Gasteiger partial charge in [-0.25, -0.2) is 4.98 Å². The number of aryl methyl sites for hydroxylation is 1. The zero-order chi connectivity index (χ0) is 15.8. The Morgan fingerprint density at radius 3 is 2.87 bits per heavy atom. The minimum absolute atomic E-state index is 0.0109. The molecule has 23 heavy (non-hydrogen) atoms. The van der Waals surface area contributed by atoms with Crippen LogP contribution in [0.15, 0.2) is 28.1 Å². The lowest BCUT2D eigenvalue weighted by Gasteiger charge is -2.26. The van der Waals surface area contributed by atoms with Crippen LogP contribution in [0.4, 0.5) is 0 Å². The highest BCUT2D eigenvalue weighted by Gasteiger charge is 2.20. The molecule has 0 radical (unpaired) electrons. The monoisotopic (exact) mass is 329 g/mol. The third kappa shape index (κ3) is 2.62. The number of benzene rings is 1. The fourth-order valence-electron chi connectivity index (χ4n) is 2.68. The summed E-state index contributed by atoms with van der Waals surface area (Å²) in [4.78, 5) is 18.9. The Bertz CT molecular complexity index is 864. The number of aromatic nitrogens is 2. The van der Waals surface area contributed by atoms with Gasteiger partial charge >= 0.3 is 0 Å². The number of hydrogen-bond acceptors (Lipinski definition) is 6. The number of carbonyl (C=O) groups excluding carboxylic acids is 1. The van der Waals surface area contributed by atoms with Crippen LogP contribution in [0.2, 0.25) is 0 Å². The van der Waals surface area contributed by atoms with Crippen LogP contribution in [-0.2, 0) is 4.74 Å². The van der Waals surface area contributed by atoms with Crippen molar-refractivity contribution in [1.29, 1.82) is 0 Å². The van der Waals surface area contributed by atoms with E-state index in [0.29, 0.717) is 43.1 Å². The van der Waals surface area contributed by atoms with E-state index in [2.05, 4.69) is 10.1 Å². The van der Waals surface area contributed by atoms with Crippen molar-refractivity contribution < 1.29 is 14.1 Å². The predicted octanol–water partition coefficient (Wildman–Crippen LogP) is 2.73. The zero-order valence-corrected chi connectivity index (χ0v) is 13.4. The van der Waals surface area contributed by atoms with E-state index < -0.39 is 0 Å². The third-order valence-corrected chi connectivity index (χ3v) is 4.65. The fraction of sp³-hybridized carbons (Fsp3) is 0.312. The molecule has 0 spiro atoms. The van der Waals surface area contributed by atoms with Crippen molar-refractivity contribution in [2.24, 2.45) is 0 Å². The highest BCUT2D eigenvalue weighted by atomic mass is 32.1. The number of ether oxygens (including phenoxy) is 1. The normalized spacial score (nSPS) is 15.3. The molecule has 0 saturated carbocycles. The molecule has 3 aromatic rings. The van der Waals surface area contributed by atoms with Gasteiger partial charge in [0, 0.05) is 24.0 Å². The second-order valence-corrected chi connectivity index (χ2v) is 6.46. The number of thiazole rings is 1. The molecule has 2 aromatic heterocycles. The molecule has 0 unspecified atom stereocenters. The molecule has 0 atom stereocenters. The first-order valence-electron chi connectivity index (χ1n) is 7.41. The largest absolute Gasteiger partial charge is 0.378 e. The van der Waals surface area contributed by atoms with Crippen molar-refractivity contribution in [1.82, 2.24) is 15.0 Å². The molecular formula is C16H15N3O3S. The molecule has 4 rings (SSSR count). The maximum absolute atomic E-state index is 12.6. The third-order valence-electron chi connectivity index (χ3n) is 3.88. The number of amides is 1. The van der Waals surface area contributed by atoms with E-state index in [4.69, 9.17) is 9.26 Å². The Kier molecular flexibility index (Phi) is 3.59. The van der Waals surface area contributed by atoms with Gasteiger partial charge in [-0.15, -0.1) is 11.3 Å². The van der Waals surface area contributed by atoms with Crippen molar-refractivity contribution >= 4 is 28.2 Å². The number of nitrogens with zero attached hydrogens (tertiary/aromatic N) is 3. The van der Waals surface area contributed by atoms with E-state index in [0.717, 1.165) is 16.1 Å². The van der Waals surface area contributed by atoms with Gasteiger partial charge in [-0.1, -0.05) is 5.16 Å². The molecule has 1 saturated heterocycles. The summed E-state index contributed by atoms with van der Waals surface area (Å²) in [5.74, 6) is 0.0109. The van der Waals surface area contributed by atoms with Crippen LogP contribution >= 0.6 is 11.3 Å². The summed E-state index contributed by atoms with van der Waals surface area (Å²) in [6.07, 6.45) is 0. The molecule has 0 bridgehead atoms. The molecule has 118 valence electrons. The van der Waals surface area contributed by atoms with Gasteiger partial charge in [0.2, 0.25) is 0 Å². The Balaban J connectivity index is 1.73. The highest BCUT2D eigenvalue weighted by molar-refractivity contribution is 7.09. The molecule has 6 nitrogen and oxygen atoms in total. The minimum atomic E-state index is 0.0109. The van der Waals surface area contributed by atoms with E-state index >= 15 is 0 Å². The lowest BCUT2D eigenvalue weighted by Crippen LogP contribution is -2.40. The quantitative estimate of drug-likeness (QED) is 0.723. The van der Waals surface area contributed by atoms with Crippen LogP contribution in [0.5, 0.6) is 0 Å². The van der Waals surface area contributed by atoms with Gasteiger partial charge in [-0.3, -0.25) is 4.79 Å². The van der Waals surface area contributed by atoms with E-state index in [1.54, 1.807) is 23.5 Å². The Labute approximate surface area is 136 Å².